The Labute approximate surface area is 137 Å². The number of ether oxygens (including phenoxy) is 1. The van der Waals surface area contributed by atoms with Gasteiger partial charge in [-0.15, -0.1) is 11.3 Å². The maximum Gasteiger partial charge on any atom is 0.140 e. The number of thiophene rings is 1. The summed E-state index contributed by atoms with van der Waals surface area (Å²) in [5.41, 5.74) is 2.38. The molecular formula is C15H17BrClNOS. The SMILES string of the molecule is Cc1ccsc1CNCCOc1c(C)cc(Br)cc1Cl. The van der Waals surface area contributed by atoms with Crippen LogP contribution in [0.5, 0.6) is 5.75 Å². The second-order valence-corrected chi connectivity index (χ2v) is 6.91. The van der Waals surface area contributed by atoms with Gasteiger partial charge in [-0.1, -0.05) is 27.5 Å². The number of aryl methyl sites for hydroxylation is 2. The monoisotopic (exact) mass is 373 g/mol. The molecule has 0 aliphatic rings. The topological polar surface area (TPSA) is 21.3 Å². The van der Waals surface area contributed by atoms with E-state index < -0.39 is 0 Å². The van der Waals surface area contributed by atoms with Gasteiger partial charge in [-0.2, -0.15) is 0 Å². The van der Waals surface area contributed by atoms with Gasteiger partial charge in [0.1, 0.15) is 12.4 Å². The van der Waals surface area contributed by atoms with Gasteiger partial charge >= 0.3 is 0 Å². The van der Waals surface area contributed by atoms with Crippen molar-refractivity contribution in [1.29, 1.82) is 0 Å². The van der Waals surface area contributed by atoms with Gasteiger partial charge in [0.25, 0.3) is 0 Å². The van der Waals surface area contributed by atoms with Gasteiger partial charge in [0.15, 0.2) is 0 Å². The van der Waals surface area contributed by atoms with Crippen molar-refractivity contribution in [3.63, 3.8) is 0 Å². The van der Waals surface area contributed by atoms with E-state index in [1.807, 2.05) is 19.1 Å². The molecule has 1 N–H and O–H groups in total. The average Bonchev–Trinajstić information content (AvgIpc) is 2.77. The normalized spacial score (nSPS) is 10.8. The van der Waals surface area contributed by atoms with Crippen molar-refractivity contribution in [1.82, 2.24) is 5.32 Å². The first-order chi connectivity index (χ1) is 9.58. The lowest BCUT2D eigenvalue weighted by atomic mass is 10.2. The molecule has 0 amide bonds. The summed E-state index contributed by atoms with van der Waals surface area (Å²) in [4.78, 5) is 1.38. The molecule has 0 atom stereocenters. The zero-order chi connectivity index (χ0) is 14.5. The fourth-order valence-electron chi connectivity index (χ4n) is 1.88. The zero-order valence-electron chi connectivity index (χ0n) is 11.5. The average molecular weight is 375 g/mol. The molecule has 0 bridgehead atoms. The Morgan fingerprint density at radius 3 is 2.75 bits per heavy atom. The Bertz CT molecular complexity index is 562. The number of rotatable bonds is 6. The summed E-state index contributed by atoms with van der Waals surface area (Å²) in [6, 6.07) is 6.00. The summed E-state index contributed by atoms with van der Waals surface area (Å²) >= 11 is 11.4. The van der Waals surface area contributed by atoms with E-state index >= 15 is 0 Å². The minimum atomic E-state index is 0.604. The molecule has 0 unspecified atom stereocenters. The van der Waals surface area contributed by atoms with Crippen LogP contribution in [-0.4, -0.2) is 13.2 Å². The van der Waals surface area contributed by atoms with Crippen molar-refractivity contribution in [2.24, 2.45) is 0 Å². The first kappa shape index (κ1) is 15.8. The minimum Gasteiger partial charge on any atom is -0.490 e. The van der Waals surface area contributed by atoms with Gasteiger partial charge in [0, 0.05) is 22.4 Å². The summed E-state index contributed by atoms with van der Waals surface area (Å²) in [6.07, 6.45) is 0. The van der Waals surface area contributed by atoms with E-state index in [-0.39, 0.29) is 0 Å². The Morgan fingerprint density at radius 1 is 1.30 bits per heavy atom. The summed E-state index contributed by atoms with van der Waals surface area (Å²) in [7, 11) is 0. The van der Waals surface area contributed by atoms with Crippen molar-refractivity contribution in [2.45, 2.75) is 20.4 Å². The van der Waals surface area contributed by atoms with Gasteiger partial charge < -0.3 is 10.1 Å². The van der Waals surface area contributed by atoms with E-state index in [1.54, 1.807) is 11.3 Å². The number of hydrogen-bond donors (Lipinski definition) is 1. The standard InChI is InChI=1S/C15H17BrClNOS/c1-10-3-6-20-14(10)9-18-4-5-19-15-11(2)7-12(16)8-13(15)17/h3,6-8,18H,4-5,9H2,1-2H3. The first-order valence-electron chi connectivity index (χ1n) is 6.40. The highest BCUT2D eigenvalue weighted by atomic mass is 79.9. The zero-order valence-corrected chi connectivity index (χ0v) is 14.7. The molecule has 0 aliphatic carbocycles. The highest BCUT2D eigenvalue weighted by molar-refractivity contribution is 9.10. The Hall–Kier alpha value is -0.550. The highest BCUT2D eigenvalue weighted by Crippen LogP contribution is 2.31. The third-order valence-corrected chi connectivity index (χ3v) is 4.73. The molecule has 2 aromatic rings. The molecule has 0 aliphatic heterocycles. The van der Waals surface area contributed by atoms with E-state index in [1.165, 1.54) is 10.4 Å². The van der Waals surface area contributed by atoms with Crippen LogP contribution in [-0.2, 0) is 6.54 Å². The quantitative estimate of drug-likeness (QED) is 0.722. The lowest BCUT2D eigenvalue weighted by molar-refractivity contribution is 0.312. The summed E-state index contributed by atoms with van der Waals surface area (Å²) in [5.74, 6) is 0.768. The molecule has 108 valence electrons. The summed E-state index contributed by atoms with van der Waals surface area (Å²) < 4.78 is 6.73. The number of hydrogen-bond acceptors (Lipinski definition) is 3. The molecule has 0 saturated heterocycles. The van der Waals surface area contributed by atoms with Gasteiger partial charge in [0.05, 0.1) is 5.02 Å². The van der Waals surface area contributed by atoms with E-state index in [2.05, 4.69) is 39.6 Å². The second kappa shape index (κ2) is 7.46. The summed E-state index contributed by atoms with van der Waals surface area (Å²) in [5, 5.41) is 6.15. The van der Waals surface area contributed by atoms with Crippen LogP contribution in [0.4, 0.5) is 0 Å². The third-order valence-electron chi connectivity index (χ3n) is 2.97. The highest BCUT2D eigenvalue weighted by Gasteiger charge is 2.07. The van der Waals surface area contributed by atoms with Gasteiger partial charge in [-0.05, 0) is 48.6 Å². The predicted octanol–water partition coefficient (Wildman–Crippen LogP) is 4.95. The van der Waals surface area contributed by atoms with Crippen molar-refractivity contribution >= 4 is 38.9 Å². The molecule has 2 rings (SSSR count). The Kier molecular flexibility index (Phi) is 5.90. The first-order valence-corrected chi connectivity index (χ1v) is 8.45. The molecular weight excluding hydrogens is 358 g/mol. The fraction of sp³-hybridized carbons (Fsp3) is 0.333. The van der Waals surface area contributed by atoms with Crippen molar-refractivity contribution in [3.05, 3.63) is 49.1 Å². The van der Waals surface area contributed by atoms with Crippen molar-refractivity contribution < 1.29 is 4.74 Å². The molecule has 0 radical (unpaired) electrons. The van der Waals surface area contributed by atoms with Gasteiger partial charge in [-0.3, -0.25) is 0 Å². The van der Waals surface area contributed by atoms with Crippen molar-refractivity contribution in [3.8, 4) is 5.75 Å². The molecule has 0 saturated carbocycles. The molecule has 2 nitrogen and oxygen atoms in total. The Morgan fingerprint density at radius 2 is 2.10 bits per heavy atom. The molecule has 20 heavy (non-hydrogen) atoms. The van der Waals surface area contributed by atoms with E-state index in [4.69, 9.17) is 16.3 Å². The van der Waals surface area contributed by atoms with E-state index in [0.29, 0.717) is 11.6 Å². The van der Waals surface area contributed by atoms with Crippen LogP contribution in [0.25, 0.3) is 0 Å². The third kappa shape index (κ3) is 4.22. The minimum absolute atomic E-state index is 0.604. The lowest BCUT2D eigenvalue weighted by Gasteiger charge is -2.12. The number of benzene rings is 1. The van der Waals surface area contributed by atoms with Crippen LogP contribution in [0, 0.1) is 13.8 Å². The Balaban J connectivity index is 1.78. The smallest absolute Gasteiger partial charge is 0.140 e. The number of halogens is 2. The summed E-state index contributed by atoms with van der Waals surface area (Å²) in [6.45, 7) is 6.42. The van der Waals surface area contributed by atoms with E-state index in [9.17, 15) is 0 Å². The van der Waals surface area contributed by atoms with Crippen LogP contribution in [0.15, 0.2) is 28.1 Å². The van der Waals surface area contributed by atoms with Gasteiger partial charge in [-0.25, -0.2) is 0 Å². The second-order valence-electron chi connectivity index (χ2n) is 4.59. The fourth-order valence-corrected chi connectivity index (χ4v) is 3.79. The van der Waals surface area contributed by atoms with Crippen LogP contribution in [0.3, 0.4) is 0 Å². The molecule has 1 heterocycles. The lowest BCUT2D eigenvalue weighted by Crippen LogP contribution is -2.20. The van der Waals surface area contributed by atoms with Crippen molar-refractivity contribution in [2.75, 3.05) is 13.2 Å². The maximum atomic E-state index is 6.18. The van der Waals surface area contributed by atoms with Crippen LogP contribution >= 0.6 is 38.9 Å². The maximum absolute atomic E-state index is 6.18. The molecule has 5 heteroatoms. The van der Waals surface area contributed by atoms with E-state index in [0.717, 1.165) is 28.9 Å². The molecule has 0 fully saturated rings. The van der Waals surface area contributed by atoms with Crippen LogP contribution < -0.4 is 10.1 Å². The van der Waals surface area contributed by atoms with Crippen LogP contribution in [0.2, 0.25) is 5.02 Å². The largest absolute Gasteiger partial charge is 0.490 e. The number of nitrogens with one attached hydrogen (secondary N) is 1. The molecule has 1 aromatic heterocycles. The molecule has 1 aromatic carbocycles. The van der Waals surface area contributed by atoms with Crippen LogP contribution in [0.1, 0.15) is 16.0 Å². The predicted molar refractivity (Wildman–Crippen MR) is 90.1 cm³/mol. The van der Waals surface area contributed by atoms with Gasteiger partial charge in [0.2, 0.25) is 0 Å². The molecule has 0 spiro atoms.